The summed E-state index contributed by atoms with van der Waals surface area (Å²) in [5.41, 5.74) is 2.15. The van der Waals surface area contributed by atoms with E-state index >= 15 is 0 Å². The van der Waals surface area contributed by atoms with Crippen molar-refractivity contribution in [1.82, 2.24) is 20.1 Å². The first kappa shape index (κ1) is 14.1. The van der Waals surface area contributed by atoms with E-state index in [1.54, 1.807) is 6.20 Å². The summed E-state index contributed by atoms with van der Waals surface area (Å²) in [5.74, 6) is 0.782. The minimum absolute atomic E-state index is 0.346. The second-order valence-electron chi connectivity index (χ2n) is 5.85. The van der Waals surface area contributed by atoms with E-state index in [-0.39, 0.29) is 0 Å². The number of pyridine rings is 1. The van der Waals surface area contributed by atoms with Crippen molar-refractivity contribution in [2.24, 2.45) is 0 Å². The van der Waals surface area contributed by atoms with Gasteiger partial charge in [0, 0.05) is 24.8 Å². The van der Waals surface area contributed by atoms with Gasteiger partial charge in [0.1, 0.15) is 6.61 Å². The molecule has 112 valence electrons. The Morgan fingerprint density at radius 3 is 2.81 bits per heavy atom. The van der Waals surface area contributed by atoms with Crippen molar-refractivity contribution in [2.75, 3.05) is 0 Å². The van der Waals surface area contributed by atoms with E-state index in [1.165, 1.54) is 18.4 Å². The van der Waals surface area contributed by atoms with Gasteiger partial charge in [-0.2, -0.15) is 5.10 Å². The van der Waals surface area contributed by atoms with Gasteiger partial charge in [0.05, 0.1) is 18.1 Å². The summed E-state index contributed by atoms with van der Waals surface area (Å²) in [6, 6.07) is 5.21. The van der Waals surface area contributed by atoms with Crippen molar-refractivity contribution in [1.29, 1.82) is 0 Å². The Bertz CT molecular complexity index is 572. The summed E-state index contributed by atoms with van der Waals surface area (Å²) < 4.78 is 7.59. The number of aromatic nitrogens is 3. The van der Waals surface area contributed by atoms with Crippen LogP contribution in [0.4, 0.5) is 0 Å². The molecule has 2 heterocycles. The molecule has 21 heavy (non-hydrogen) atoms. The average molecular weight is 286 g/mol. The van der Waals surface area contributed by atoms with Crippen molar-refractivity contribution in [3.8, 4) is 5.75 Å². The largest absolute Gasteiger partial charge is 0.484 e. The van der Waals surface area contributed by atoms with Crippen LogP contribution in [-0.2, 0) is 13.2 Å². The summed E-state index contributed by atoms with van der Waals surface area (Å²) in [4.78, 5) is 4.44. The highest BCUT2D eigenvalue weighted by molar-refractivity contribution is 5.16. The van der Waals surface area contributed by atoms with Gasteiger partial charge in [-0.25, -0.2) is 0 Å². The lowest BCUT2D eigenvalue weighted by atomic mass is 10.2. The van der Waals surface area contributed by atoms with E-state index in [2.05, 4.69) is 35.3 Å². The lowest BCUT2D eigenvalue weighted by Gasteiger charge is -2.06. The van der Waals surface area contributed by atoms with Crippen molar-refractivity contribution in [3.63, 3.8) is 0 Å². The Labute approximate surface area is 125 Å². The van der Waals surface area contributed by atoms with E-state index in [4.69, 9.17) is 4.74 Å². The van der Waals surface area contributed by atoms with E-state index < -0.39 is 0 Å². The van der Waals surface area contributed by atoms with Crippen LogP contribution in [0, 0.1) is 0 Å². The molecule has 0 unspecified atom stereocenters. The van der Waals surface area contributed by atoms with Gasteiger partial charge in [-0.05, 0) is 38.3 Å². The molecule has 0 saturated heterocycles. The molecular formula is C16H22N4O. The quantitative estimate of drug-likeness (QED) is 0.850. The van der Waals surface area contributed by atoms with Crippen LogP contribution in [0.1, 0.15) is 44.0 Å². The lowest BCUT2D eigenvalue weighted by molar-refractivity contribution is 0.300. The molecular weight excluding hydrogens is 264 g/mol. The van der Waals surface area contributed by atoms with Gasteiger partial charge >= 0.3 is 0 Å². The van der Waals surface area contributed by atoms with Crippen molar-refractivity contribution < 1.29 is 4.74 Å². The van der Waals surface area contributed by atoms with Gasteiger partial charge in [-0.1, -0.05) is 6.07 Å². The van der Waals surface area contributed by atoms with Crippen LogP contribution in [0.25, 0.3) is 0 Å². The number of nitrogens with zero attached hydrogens (tertiary/aromatic N) is 3. The molecule has 0 atom stereocenters. The first-order chi connectivity index (χ1) is 10.2. The average Bonchev–Trinajstić information content (AvgIpc) is 3.19. The molecule has 1 saturated carbocycles. The van der Waals surface area contributed by atoms with Gasteiger partial charge in [0.2, 0.25) is 0 Å². The maximum absolute atomic E-state index is 5.71. The molecule has 0 bridgehead atoms. The highest BCUT2D eigenvalue weighted by Gasteiger charge is 2.19. The Kier molecular flexibility index (Phi) is 4.20. The minimum atomic E-state index is 0.346. The number of hydrogen-bond donors (Lipinski definition) is 1. The van der Waals surface area contributed by atoms with Crippen LogP contribution >= 0.6 is 0 Å². The Hall–Kier alpha value is -1.88. The van der Waals surface area contributed by atoms with Crippen molar-refractivity contribution in [2.45, 2.75) is 51.9 Å². The van der Waals surface area contributed by atoms with Gasteiger partial charge in [0.15, 0.2) is 5.75 Å². The Morgan fingerprint density at radius 1 is 1.33 bits per heavy atom. The van der Waals surface area contributed by atoms with Gasteiger partial charge < -0.3 is 10.1 Å². The molecule has 0 aromatic carbocycles. The highest BCUT2D eigenvalue weighted by Crippen LogP contribution is 2.19. The third-order valence-corrected chi connectivity index (χ3v) is 3.55. The fraction of sp³-hybridized carbons (Fsp3) is 0.500. The summed E-state index contributed by atoms with van der Waals surface area (Å²) in [6.45, 7) is 5.56. The molecule has 1 fully saturated rings. The smallest absolute Gasteiger partial charge is 0.157 e. The van der Waals surface area contributed by atoms with Crippen LogP contribution in [-0.4, -0.2) is 20.8 Å². The molecule has 5 heteroatoms. The lowest BCUT2D eigenvalue weighted by Crippen LogP contribution is -2.15. The predicted octanol–water partition coefficient (Wildman–Crippen LogP) is 2.69. The minimum Gasteiger partial charge on any atom is -0.484 e. The molecule has 0 amide bonds. The fourth-order valence-electron chi connectivity index (χ4n) is 2.03. The topological polar surface area (TPSA) is 52.0 Å². The second-order valence-corrected chi connectivity index (χ2v) is 5.85. The van der Waals surface area contributed by atoms with Gasteiger partial charge in [-0.3, -0.25) is 9.67 Å². The monoisotopic (exact) mass is 286 g/mol. The normalized spacial score (nSPS) is 14.6. The van der Waals surface area contributed by atoms with Crippen molar-refractivity contribution in [3.05, 3.63) is 42.0 Å². The van der Waals surface area contributed by atoms with E-state index in [1.807, 2.05) is 23.1 Å². The summed E-state index contributed by atoms with van der Waals surface area (Å²) in [5, 5.41) is 7.73. The standard InChI is InChI=1S/C16H22N4O/c1-12(2)20-10-16(9-19-20)21-11-15-4-3-13(8-18-15)7-17-14-5-6-14/h3-4,8-10,12,14,17H,5-7,11H2,1-2H3. The van der Waals surface area contributed by atoms with E-state index in [9.17, 15) is 0 Å². The third-order valence-electron chi connectivity index (χ3n) is 3.55. The maximum Gasteiger partial charge on any atom is 0.157 e. The van der Waals surface area contributed by atoms with Crippen molar-refractivity contribution >= 4 is 0 Å². The third kappa shape index (κ3) is 4.04. The summed E-state index contributed by atoms with van der Waals surface area (Å²) >= 11 is 0. The van der Waals surface area contributed by atoms with Gasteiger partial charge in [-0.15, -0.1) is 0 Å². The zero-order valence-electron chi connectivity index (χ0n) is 12.6. The first-order valence-corrected chi connectivity index (χ1v) is 7.55. The predicted molar refractivity (Wildman–Crippen MR) is 81.0 cm³/mol. The summed E-state index contributed by atoms with van der Waals surface area (Å²) in [6.07, 6.45) is 8.20. The zero-order chi connectivity index (χ0) is 14.7. The first-order valence-electron chi connectivity index (χ1n) is 7.55. The molecule has 0 radical (unpaired) electrons. The molecule has 3 rings (SSSR count). The van der Waals surface area contributed by atoms with Crippen LogP contribution in [0.5, 0.6) is 5.75 Å². The number of rotatable bonds is 7. The summed E-state index contributed by atoms with van der Waals surface area (Å²) in [7, 11) is 0. The van der Waals surface area contributed by atoms with E-state index in [0.29, 0.717) is 12.6 Å². The second kappa shape index (κ2) is 6.26. The molecule has 0 aliphatic heterocycles. The number of nitrogens with one attached hydrogen (secondary N) is 1. The molecule has 5 nitrogen and oxygen atoms in total. The zero-order valence-corrected chi connectivity index (χ0v) is 12.6. The Morgan fingerprint density at radius 2 is 2.19 bits per heavy atom. The number of hydrogen-bond acceptors (Lipinski definition) is 4. The molecule has 1 aliphatic carbocycles. The van der Waals surface area contributed by atoms with Crippen LogP contribution in [0.15, 0.2) is 30.7 Å². The van der Waals surface area contributed by atoms with E-state index in [0.717, 1.165) is 24.0 Å². The van der Waals surface area contributed by atoms with Gasteiger partial charge in [0.25, 0.3) is 0 Å². The molecule has 1 N–H and O–H groups in total. The molecule has 2 aromatic rings. The highest BCUT2D eigenvalue weighted by atomic mass is 16.5. The molecule has 0 spiro atoms. The van der Waals surface area contributed by atoms with Crippen LogP contribution < -0.4 is 10.1 Å². The van der Waals surface area contributed by atoms with Crippen LogP contribution in [0.3, 0.4) is 0 Å². The Balaban J connectivity index is 1.49. The number of ether oxygens (including phenoxy) is 1. The molecule has 2 aromatic heterocycles. The fourth-order valence-corrected chi connectivity index (χ4v) is 2.03. The molecule has 1 aliphatic rings. The maximum atomic E-state index is 5.71. The van der Waals surface area contributed by atoms with Crippen LogP contribution in [0.2, 0.25) is 0 Å². The SMILES string of the molecule is CC(C)n1cc(OCc2ccc(CNC3CC3)cn2)cn1.